The van der Waals surface area contributed by atoms with E-state index in [-0.39, 0.29) is 24.5 Å². The van der Waals surface area contributed by atoms with Gasteiger partial charge in [-0.25, -0.2) is 13.8 Å². The molecule has 1 aromatic carbocycles. The number of benzene rings is 1. The smallest absolute Gasteiger partial charge is 0.490 e. The van der Waals surface area contributed by atoms with Gasteiger partial charge in [-0.15, -0.1) is 13.2 Å². The Morgan fingerprint density at radius 2 is 1.91 bits per heavy atom. The SMILES string of the molecule is C=C(/C=C(F)\C(F)=C/CC)CCNc1cc(OC(F)(F)F)ccc1C.C=NC(=O)/C(=C\N)OC. The van der Waals surface area contributed by atoms with Crippen molar-refractivity contribution in [1.29, 1.82) is 0 Å². The van der Waals surface area contributed by atoms with Gasteiger partial charge in [-0.05, 0) is 50.3 Å². The summed E-state index contributed by atoms with van der Waals surface area (Å²) in [6.07, 6.45) is -0.949. The van der Waals surface area contributed by atoms with E-state index in [2.05, 4.69) is 33.1 Å². The topological polar surface area (TPSA) is 85.9 Å². The van der Waals surface area contributed by atoms with Crippen molar-refractivity contribution in [3.63, 3.8) is 0 Å². The molecule has 0 aliphatic rings. The van der Waals surface area contributed by atoms with Crippen molar-refractivity contribution in [2.45, 2.75) is 33.1 Å². The van der Waals surface area contributed by atoms with Crippen LogP contribution in [-0.4, -0.2) is 32.6 Å². The lowest BCUT2D eigenvalue weighted by atomic mass is 10.1. The van der Waals surface area contributed by atoms with Crippen LogP contribution in [0.3, 0.4) is 0 Å². The van der Waals surface area contributed by atoms with Crippen LogP contribution in [0.1, 0.15) is 25.3 Å². The Hall–Kier alpha value is -3.63. The fourth-order valence-electron chi connectivity index (χ4n) is 2.25. The molecule has 34 heavy (non-hydrogen) atoms. The van der Waals surface area contributed by atoms with Crippen LogP contribution in [0.5, 0.6) is 5.75 Å². The number of halogens is 5. The highest BCUT2D eigenvalue weighted by molar-refractivity contribution is 5.94. The first-order chi connectivity index (χ1) is 15.9. The zero-order valence-corrected chi connectivity index (χ0v) is 19.1. The number of hydrogen-bond donors (Lipinski definition) is 2. The number of methoxy groups -OCH3 is 1. The average Bonchev–Trinajstić information content (AvgIpc) is 2.76. The van der Waals surface area contributed by atoms with Crippen molar-refractivity contribution in [3.8, 4) is 5.75 Å². The number of alkyl halides is 3. The van der Waals surface area contributed by atoms with Crippen LogP contribution in [-0.2, 0) is 9.53 Å². The van der Waals surface area contributed by atoms with E-state index in [1.165, 1.54) is 25.3 Å². The Morgan fingerprint density at radius 3 is 2.38 bits per heavy atom. The molecule has 0 fully saturated rings. The minimum absolute atomic E-state index is 0.00463. The highest BCUT2D eigenvalue weighted by atomic mass is 19.4. The van der Waals surface area contributed by atoms with Gasteiger partial charge < -0.3 is 20.5 Å². The molecule has 0 spiro atoms. The van der Waals surface area contributed by atoms with Gasteiger partial charge in [0.15, 0.2) is 11.7 Å². The van der Waals surface area contributed by atoms with E-state index in [0.717, 1.165) is 23.9 Å². The summed E-state index contributed by atoms with van der Waals surface area (Å²) in [7, 11) is 1.34. The molecule has 0 aliphatic carbocycles. The number of allylic oxidation sites excluding steroid dienone is 4. The largest absolute Gasteiger partial charge is 0.573 e. The minimum atomic E-state index is -4.76. The monoisotopic (exact) mass is 489 g/mol. The van der Waals surface area contributed by atoms with Gasteiger partial charge in [0.1, 0.15) is 5.75 Å². The number of carbonyl (C=O) groups excluding carboxylic acids is 1. The van der Waals surface area contributed by atoms with E-state index >= 15 is 0 Å². The Labute approximate surface area is 195 Å². The van der Waals surface area contributed by atoms with E-state index in [1.807, 2.05) is 0 Å². The second kappa shape index (κ2) is 15.3. The van der Waals surface area contributed by atoms with Gasteiger partial charge in [0, 0.05) is 24.5 Å². The van der Waals surface area contributed by atoms with E-state index < -0.39 is 23.9 Å². The van der Waals surface area contributed by atoms with Gasteiger partial charge in [-0.2, -0.15) is 0 Å². The summed E-state index contributed by atoms with van der Waals surface area (Å²) in [5, 5.41) is 2.93. The van der Waals surface area contributed by atoms with Crippen LogP contribution >= 0.6 is 0 Å². The number of rotatable bonds is 10. The number of nitrogens with one attached hydrogen (secondary N) is 1. The van der Waals surface area contributed by atoms with Crippen LogP contribution in [0.2, 0.25) is 0 Å². The van der Waals surface area contributed by atoms with E-state index in [4.69, 9.17) is 5.73 Å². The van der Waals surface area contributed by atoms with Crippen molar-refractivity contribution >= 4 is 18.3 Å². The molecule has 0 aliphatic heterocycles. The zero-order chi connectivity index (χ0) is 26.3. The lowest BCUT2D eigenvalue weighted by Crippen LogP contribution is -2.17. The number of amides is 1. The highest BCUT2D eigenvalue weighted by Gasteiger charge is 2.31. The van der Waals surface area contributed by atoms with Gasteiger partial charge in [-0.3, -0.25) is 4.79 Å². The van der Waals surface area contributed by atoms with Crippen LogP contribution in [0, 0.1) is 6.92 Å². The molecular formula is C23H28F5N3O3. The van der Waals surface area contributed by atoms with Crippen molar-refractivity contribution in [1.82, 2.24) is 0 Å². The molecule has 0 saturated carbocycles. The van der Waals surface area contributed by atoms with Gasteiger partial charge in [-0.1, -0.05) is 25.1 Å². The summed E-state index contributed by atoms with van der Waals surface area (Å²) < 4.78 is 71.8. The first-order valence-electron chi connectivity index (χ1n) is 9.86. The van der Waals surface area contributed by atoms with Crippen molar-refractivity contribution in [3.05, 3.63) is 71.7 Å². The zero-order valence-electron chi connectivity index (χ0n) is 19.1. The van der Waals surface area contributed by atoms with E-state index in [1.54, 1.807) is 13.8 Å². The third-order valence-electron chi connectivity index (χ3n) is 3.87. The van der Waals surface area contributed by atoms with Crippen LogP contribution in [0.25, 0.3) is 0 Å². The molecule has 3 N–H and O–H groups in total. The maximum absolute atomic E-state index is 13.5. The second-order valence-electron chi connectivity index (χ2n) is 6.51. The fourth-order valence-corrected chi connectivity index (χ4v) is 2.25. The normalized spacial score (nSPS) is 12.3. The maximum Gasteiger partial charge on any atom is 0.573 e. The standard InChI is InChI=1S/C18H20F5NO.C5H8N2O2/c1-4-5-15(19)16(20)10-12(2)8-9-24-17-11-14(7-6-13(17)3)25-18(21,22)23;1-7-5(8)4(3-6)9-2/h5-7,10-11,24H,2,4,8-9H2,1,3H3;3H,1,6H2,2H3/b15-5+,16-10+;4-3+. The Morgan fingerprint density at radius 1 is 1.26 bits per heavy atom. The Balaban J connectivity index is 0.00000102. The minimum Gasteiger partial charge on any atom is -0.490 e. The predicted octanol–water partition coefficient (Wildman–Crippen LogP) is 6.03. The summed E-state index contributed by atoms with van der Waals surface area (Å²) in [6.45, 7) is 10.3. The lowest BCUT2D eigenvalue weighted by molar-refractivity contribution is -0.274. The molecule has 1 amide bonds. The molecule has 0 unspecified atom stereocenters. The summed E-state index contributed by atoms with van der Waals surface area (Å²) in [5.41, 5.74) is 6.49. The summed E-state index contributed by atoms with van der Waals surface area (Å²) in [4.78, 5) is 13.5. The van der Waals surface area contributed by atoms with Crippen molar-refractivity contribution in [2.75, 3.05) is 19.0 Å². The van der Waals surface area contributed by atoms with Crippen molar-refractivity contribution in [2.24, 2.45) is 10.7 Å². The molecule has 0 heterocycles. The highest BCUT2D eigenvalue weighted by Crippen LogP contribution is 2.27. The summed E-state index contributed by atoms with van der Waals surface area (Å²) in [6, 6.07) is 3.93. The van der Waals surface area contributed by atoms with Gasteiger partial charge in [0.25, 0.3) is 0 Å². The average molecular weight is 489 g/mol. The number of ether oxygens (including phenoxy) is 2. The quantitative estimate of drug-likeness (QED) is 0.138. The first-order valence-corrected chi connectivity index (χ1v) is 9.86. The number of carbonyl (C=O) groups is 1. The lowest BCUT2D eigenvalue weighted by Gasteiger charge is -2.13. The second-order valence-corrected chi connectivity index (χ2v) is 6.51. The molecule has 6 nitrogen and oxygen atoms in total. The molecular weight excluding hydrogens is 461 g/mol. The Kier molecular flexibility index (Phi) is 13.6. The number of aliphatic imine (C=N–C) groups is 1. The molecule has 0 atom stereocenters. The molecule has 188 valence electrons. The van der Waals surface area contributed by atoms with Crippen LogP contribution in [0.4, 0.5) is 27.6 Å². The number of anilines is 1. The number of nitrogens with zero attached hydrogens (tertiary/aromatic N) is 1. The van der Waals surface area contributed by atoms with Gasteiger partial charge in [0.05, 0.1) is 7.11 Å². The maximum atomic E-state index is 13.5. The number of aryl methyl sites for hydroxylation is 1. The molecule has 1 rings (SSSR count). The first kappa shape index (κ1) is 30.4. The third kappa shape index (κ3) is 12.4. The fraction of sp³-hybridized carbons (Fsp3) is 0.304. The molecule has 11 heteroatoms. The van der Waals surface area contributed by atoms with Crippen LogP contribution in [0.15, 0.2) is 71.1 Å². The van der Waals surface area contributed by atoms with E-state index in [0.29, 0.717) is 17.7 Å². The molecule has 1 aromatic rings. The number of nitrogens with two attached hydrogens (primary N) is 1. The summed E-state index contributed by atoms with van der Waals surface area (Å²) >= 11 is 0. The predicted molar refractivity (Wildman–Crippen MR) is 123 cm³/mol. The molecule has 0 radical (unpaired) electrons. The molecule has 0 aromatic heterocycles. The summed E-state index contributed by atoms with van der Waals surface area (Å²) in [5.74, 6) is -2.82. The van der Waals surface area contributed by atoms with Crippen molar-refractivity contribution < 1.29 is 36.2 Å². The third-order valence-corrected chi connectivity index (χ3v) is 3.87. The van der Waals surface area contributed by atoms with Gasteiger partial charge in [0.2, 0.25) is 5.76 Å². The Bertz CT molecular complexity index is 938. The number of hydrogen-bond acceptors (Lipinski definition) is 5. The molecule has 0 saturated heterocycles. The molecule has 0 bridgehead atoms. The van der Waals surface area contributed by atoms with Crippen LogP contribution < -0.4 is 15.8 Å². The van der Waals surface area contributed by atoms with Gasteiger partial charge >= 0.3 is 12.3 Å². The van der Waals surface area contributed by atoms with E-state index in [9.17, 15) is 26.7 Å².